The molecule has 0 amide bonds. The maximum absolute atomic E-state index is 3.72. The standard InChI is InChI=1S/C29H33N5/c1-18-14-20(3)26(21(4)15-18)33-12-10-30-28(33)24-8-7-9-25(32-24)29-31-11-13-34(29)27-22(5)16-19(2)17-23(27)6/h7-8,10-17,30-32H,9H2,1-6H3/b28-24+,29-25-. The van der Waals surface area contributed by atoms with Gasteiger partial charge in [-0.05, 0) is 69.9 Å². The van der Waals surface area contributed by atoms with Gasteiger partial charge in [-0.15, -0.1) is 0 Å². The summed E-state index contributed by atoms with van der Waals surface area (Å²) in [6, 6.07) is 8.98. The number of nitrogens with zero attached hydrogens (tertiary/aromatic N) is 2. The highest BCUT2D eigenvalue weighted by molar-refractivity contribution is 5.69. The lowest BCUT2D eigenvalue weighted by Gasteiger charge is -2.29. The lowest BCUT2D eigenvalue weighted by Crippen LogP contribution is -2.31. The third-order valence-corrected chi connectivity index (χ3v) is 6.55. The Morgan fingerprint density at radius 2 is 1.12 bits per heavy atom. The first-order chi connectivity index (χ1) is 16.3. The first-order valence-electron chi connectivity index (χ1n) is 11.8. The summed E-state index contributed by atoms with van der Waals surface area (Å²) in [5, 5.41) is 10.7. The van der Waals surface area contributed by atoms with Gasteiger partial charge in [-0.1, -0.05) is 41.5 Å². The second kappa shape index (κ2) is 8.49. The summed E-state index contributed by atoms with van der Waals surface area (Å²) in [4.78, 5) is 4.51. The Morgan fingerprint density at radius 1 is 0.647 bits per heavy atom. The van der Waals surface area contributed by atoms with Gasteiger partial charge in [0.25, 0.3) is 0 Å². The molecule has 3 N–H and O–H groups in total. The van der Waals surface area contributed by atoms with Crippen LogP contribution in [0.15, 0.2) is 84.3 Å². The monoisotopic (exact) mass is 451 g/mol. The van der Waals surface area contributed by atoms with Crippen LogP contribution in [0.2, 0.25) is 0 Å². The lowest BCUT2D eigenvalue weighted by molar-refractivity contribution is 0.823. The average molecular weight is 452 g/mol. The summed E-state index contributed by atoms with van der Waals surface area (Å²) >= 11 is 0. The summed E-state index contributed by atoms with van der Waals surface area (Å²) in [6.07, 6.45) is 13.4. The van der Waals surface area contributed by atoms with E-state index in [0.29, 0.717) is 0 Å². The normalized spacial score (nSPS) is 21.2. The second-order valence-electron chi connectivity index (χ2n) is 9.48. The minimum Gasteiger partial charge on any atom is -0.353 e. The highest BCUT2D eigenvalue weighted by atomic mass is 15.3. The number of allylic oxidation sites excluding steroid dienone is 2. The van der Waals surface area contributed by atoms with E-state index in [1.807, 2.05) is 12.4 Å². The van der Waals surface area contributed by atoms with Crippen molar-refractivity contribution in [3.63, 3.8) is 0 Å². The van der Waals surface area contributed by atoms with Crippen molar-refractivity contribution in [2.45, 2.75) is 48.0 Å². The molecule has 2 aromatic carbocycles. The van der Waals surface area contributed by atoms with Gasteiger partial charge in [-0.3, -0.25) is 9.80 Å². The molecule has 0 fully saturated rings. The Balaban J connectivity index is 1.53. The van der Waals surface area contributed by atoms with Crippen molar-refractivity contribution in [2.24, 2.45) is 0 Å². The van der Waals surface area contributed by atoms with Crippen LogP contribution in [0.25, 0.3) is 0 Å². The average Bonchev–Trinajstić information content (AvgIpc) is 3.43. The van der Waals surface area contributed by atoms with Crippen LogP contribution < -0.4 is 25.8 Å². The number of benzene rings is 2. The molecule has 3 aliphatic heterocycles. The SMILES string of the molecule is Cc1cc(C)c(N2C=CN/C2=C2\CC=C/C(=C3/NC=CN3c3c(C)cc(C)cc3C)N2)c(C)c1. The fourth-order valence-corrected chi connectivity index (χ4v) is 5.43. The molecule has 0 spiro atoms. The summed E-state index contributed by atoms with van der Waals surface area (Å²) in [5.74, 6) is 2.10. The maximum atomic E-state index is 3.72. The van der Waals surface area contributed by atoms with Gasteiger partial charge in [0.2, 0.25) is 0 Å². The molecule has 34 heavy (non-hydrogen) atoms. The second-order valence-corrected chi connectivity index (χ2v) is 9.48. The lowest BCUT2D eigenvalue weighted by atomic mass is 10.0. The predicted octanol–water partition coefficient (Wildman–Crippen LogP) is 5.89. The zero-order valence-electron chi connectivity index (χ0n) is 20.9. The number of nitrogens with one attached hydrogen (secondary N) is 3. The molecule has 0 saturated carbocycles. The molecule has 0 radical (unpaired) electrons. The van der Waals surface area contributed by atoms with Crippen LogP contribution in [0.3, 0.4) is 0 Å². The minimum absolute atomic E-state index is 0.831. The molecule has 0 atom stereocenters. The van der Waals surface area contributed by atoms with E-state index in [1.54, 1.807) is 0 Å². The van der Waals surface area contributed by atoms with E-state index < -0.39 is 0 Å². The minimum atomic E-state index is 0.831. The van der Waals surface area contributed by atoms with Gasteiger partial charge in [-0.2, -0.15) is 0 Å². The number of anilines is 2. The smallest absolute Gasteiger partial charge is 0.138 e. The Hall–Kier alpha value is -3.86. The molecular weight excluding hydrogens is 418 g/mol. The molecule has 2 aromatic rings. The van der Waals surface area contributed by atoms with Gasteiger partial charge in [0, 0.05) is 31.2 Å². The van der Waals surface area contributed by atoms with E-state index in [9.17, 15) is 0 Å². The largest absolute Gasteiger partial charge is 0.353 e. The van der Waals surface area contributed by atoms with Crippen LogP contribution in [-0.4, -0.2) is 0 Å². The van der Waals surface area contributed by atoms with Gasteiger partial charge >= 0.3 is 0 Å². The molecule has 174 valence electrons. The van der Waals surface area contributed by atoms with E-state index >= 15 is 0 Å². The van der Waals surface area contributed by atoms with Crippen LogP contribution in [0, 0.1) is 41.5 Å². The van der Waals surface area contributed by atoms with Gasteiger partial charge in [-0.25, -0.2) is 0 Å². The Bertz CT molecular complexity index is 1280. The summed E-state index contributed by atoms with van der Waals surface area (Å²) in [7, 11) is 0. The maximum Gasteiger partial charge on any atom is 0.138 e. The quantitative estimate of drug-likeness (QED) is 0.532. The zero-order chi connectivity index (χ0) is 24.0. The van der Waals surface area contributed by atoms with E-state index in [4.69, 9.17) is 0 Å². The van der Waals surface area contributed by atoms with Crippen molar-refractivity contribution in [3.05, 3.63) is 118 Å². The van der Waals surface area contributed by atoms with Crippen molar-refractivity contribution < 1.29 is 0 Å². The molecule has 0 saturated heterocycles. The predicted molar refractivity (Wildman–Crippen MR) is 142 cm³/mol. The molecule has 0 aromatic heterocycles. The van der Waals surface area contributed by atoms with Gasteiger partial charge in [0.1, 0.15) is 11.6 Å². The Morgan fingerprint density at radius 3 is 1.65 bits per heavy atom. The Labute approximate surface area is 202 Å². The van der Waals surface area contributed by atoms with Crippen molar-refractivity contribution in [3.8, 4) is 0 Å². The van der Waals surface area contributed by atoms with Crippen molar-refractivity contribution >= 4 is 11.4 Å². The van der Waals surface area contributed by atoms with Gasteiger partial charge < -0.3 is 16.0 Å². The van der Waals surface area contributed by atoms with Crippen LogP contribution >= 0.6 is 0 Å². The summed E-state index contributed by atoms with van der Waals surface area (Å²) < 4.78 is 0. The van der Waals surface area contributed by atoms with Crippen molar-refractivity contribution in [1.29, 1.82) is 0 Å². The molecule has 3 heterocycles. The molecule has 0 unspecified atom stereocenters. The number of rotatable bonds is 2. The van der Waals surface area contributed by atoms with Crippen LogP contribution in [-0.2, 0) is 0 Å². The highest BCUT2D eigenvalue weighted by Gasteiger charge is 2.26. The van der Waals surface area contributed by atoms with E-state index in [2.05, 4.69) is 116 Å². The zero-order valence-corrected chi connectivity index (χ0v) is 20.9. The molecule has 0 bridgehead atoms. The van der Waals surface area contributed by atoms with Crippen LogP contribution in [0.4, 0.5) is 11.4 Å². The highest BCUT2D eigenvalue weighted by Crippen LogP contribution is 2.34. The van der Waals surface area contributed by atoms with E-state index in [1.165, 1.54) is 44.8 Å². The Kier molecular flexibility index (Phi) is 5.48. The van der Waals surface area contributed by atoms with Gasteiger partial charge in [0.15, 0.2) is 0 Å². The number of hydrogen-bond donors (Lipinski definition) is 3. The van der Waals surface area contributed by atoms with Crippen molar-refractivity contribution in [1.82, 2.24) is 16.0 Å². The van der Waals surface area contributed by atoms with E-state index in [0.717, 1.165) is 29.5 Å². The van der Waals surface area contributed by atoms with Crippen LogP contribution in [0.1, 0.15) is 39.8 Å². The fraction of sp³-hybridized carbons (Fsp3) is 0.241. The molecule has 0 aliphatic carbocycles. The molecule has 5 rings (SSSR count). The topological polar surface area (TPSA) is 42.6 Å². The number of hydrogen-bond acceptors (Lipinski definition) is 5. The third kappa shape index (κ3) is 3.77. The molecule has 5 heteroatoms. The molecular formula is C29H33N5. The van der Waals surface area contributed by atoms with Crippen molar-refractivity contribution in [2.75, 3.05) is 9.80 Å². The molecule has 3 aliphatic rings. The summed E-state index contributed by atoms with van der Waals surface area (Å²) in [6.45, 7) is 13.0. The van der Waals surface area contributed by atoms with Gasteiger partial charge in [0.05, 0.1) is 22.8 Å². The molecule has 5 nitrogen and oxygen atoms in total. The first-order valence-corrected chi connectivity index (χ1v) is 11.8. The summed E-state index contributed by atoms with van der Waals surface area (Å²) in [5.41, 5.74) is 12.3. The third-order valence-electron chi connectivity index (χ3n) is 6.55. The number of aryl methyl sites for hydroxylation is 6. The van der Waals surface area contributed by atoms with Crippen LogP contribution in [0.5, 0.6) is 0 Å². The first kappa shape index (κ1) is 22.0. The fourth-order valence-electron chi connectivity index (χ4n) is 5.43. The van der Waals surface area contributed by atoms with E-state index in [-0.39, 0.29) is 0 Å².